The average molecular weight is 297 g/mol. The molecular weight excluding hydrogens is 278 g/mol. The number of ether oxygens (including phenoxy) is 1. The van der Waals surface area contributed by atoms with Gasteiger partial charge in [-0.15, -0.1) is 0 Å². The van der Waals surface area contributed by atoms with Gasteiger partial charge in [0.05, 0.1) is 11.5 Å². The van der Waals surface area contributed by atoms with E-state index in [1.54, 1.807) is 25.1 Å². The maximum atomic E-state index is 12.6. The molecule has 1 aliphatic heterocycles. The van der Waals surface area contributed by atoms with Gasteiger partial charge in [0.25, 0.3) is 0 Å². The van der Waals surface area contributed by atoms with Gasteiger partial charge in [0, 0.05) is 6.54 Å². The lowest BCUT2D eigenvalue weighted by molar-refractivity contribution is -0.146. The fraction of sp³-hybridized carbons (Fsp3) is 0.500. The maximum Gasteiger partial charge on any atom is 0.324 e. The predicted octanol–water partition coefficient (Wildman–Crippen LogP) is 1.71. The number of benzene rings is 1. The molecule has 1 fully saturated rings. The minimum atomic E-state index is -3.64. The van der Waals surface area contributed by atoms with Crippen LogP contribution in [0, 0.1) is 6.92 Å². The smallest absolute Gasteiger partial charge is 0.324 e. The van der Waals surface area contributed by atoms with Crippen LogP contribution in [0.15, 0.2) is 29.2 Å². The summed E-state index contributed by atoms with van der Waals surface area (Å²) in [4.78, 5) is 12.1. The first kappa shape index (κ1) is 15.0. The second-order valence-corrected chi connectivity index (χ2v) is 6.73. The molecule has 2 rings (SSSR count). The van der Waals surface area contributed by atoms with E-state index in [1.165, 1.54) is 4.31 Å². The highest BCUT2D eigenvalue weighted by Crippen LogP contribution is 2.27. The molecule has 0 saturated carbocycles. The highest BCUT2D eigenvalue weighted by molar-refractivity contribution is 7.89. The Morgan fingerprint density at radius 1 is 1.45 bits per heavy atom. The van der Waals surface area contributed by atoms with Gasteiger partial charge >= 0.3 is 5.97 Å². The second kappa shape index (κ2) is 5.93. The number of hydrogen-bond donors (Lipinski definition) is 0. The van der Waals surface area contributed by atoms with Gasteiger partial charge in [-0.25, -0.2) is 8.42 Å². The number of carbonyl (C=O) groups excluding carboxylic acids is 1. The Hall–Kier alpha value is -1.40. The minimum Gasteiger partial charge on any atom is -0.465 e. The number of aryl methyl sites for hydroxylation is 1. The van der Waals surface area contributed by atoms with Crippen molar-refractivity contribution in [2.45, 2.75) is 37.6 Å². The Labute approximate surface area is 119 Å². The number of carbonyl (C=O) groups is 1. The molecule has 1 aliphatic rings. The Bertz CT molecular complexity index is 597. The lowest BCUT2D eigenvalue weighted by Crippen LogP contribution is -2.41. The first-order valence-electron chi connectivity index (χ1n) is 6.72. The van der Waals surface area contributed by atoms with E-state index in [4.69, 9.17) is 4.74 Å². The average Bonchev–Trinajstić information content (AvgIpc) is 2.89. The van der Waals surface area contributed by atoms with Crippen molar-refractivity contribution in [1.82, 2.24) is 4.31 Å². The monoisotopic (exact) mass is 297 g/mol. The van der Waals surface area contributed by atoms with E-state index in [0.717, 1.165) is 5.56 Å². The molecule has 0 bridgehead atoms. The molecule has 1 saturated heterocycles. The van der Waals surface area contributed by atoms with Crippen molar-refractivity contribution in [3.8, 4) is 0 Å². The third-order valence-electron chi connectivity index (χ3n) is 3.36. The molecule has 1 aromatic rings. The van der Waals surface area contributed by atoms with E-state index in [2.05, 4.69) is 0 Å². The van der Waals surface area contributed by atoms with Crippen molar-refractivity contribution in [2.24, 2.45) is 0 Å². The third kappa shape index (κ3) is 2.86. The standard InChI is InChI=1S/C14H19NO4S/c1-3-19-14(16)13-8-5-9-15(13)20(17,18)12-7-4-6-11(2)10-12/h4,6-7,10,13H,3,5,8-9H2,1-2H3. The molecule has 0 spiro atoms. The fourth-order valence-corrected chi connectivity index (χ4v) is 4.17. The fourth-order valence-electron chi connectivity index (χ4n) is 2.41. The van der Waals surface area contributed by atoms with Gasteiger partial charge in [0.15, 0.2) is 0 Å². The molecule has 110 valence electrons. The number of nitrogens with zero attached hydrogens (tertiary/aromatic N) is 1. The van der Waals surface area contributed by atoms with Crippen molar-refractivity contribution in [1.29, 1.82) is 0 Å². The van der Waals surface area contributed by atoms with Crippen molar-refractivity contribution < 1.29 is 17.9 Å². The summed E-state index contributed by atoms with van der Waals surface area (Å²) in [5.74, 6) is -0.457. The zero-order valence-electron chi connectivity index (χ0n) is 11.7. The third-order valence-corrected chi connectivity index (χ3v) is 5.26. The SMILES string of the molecule is CCOC(=O)C1CCCN1S(=O)(=O)c1cccc(C)c1. The summed E-state index contributed by atoms with van der Waals surface area (Å²) < 4.78 is 31.5. The second-order valence-electron chi connectivity index (χ2n) is 4.84. The largest absolute Gasteiger partial charge is 0.465 e. The quantitative estimate of drug-likeness (QED) is 0.794. The van der Waals surface area contributed by atoms with Crippen LogP contribution in [0.25, 0.3) is 0 Å². The minimum absolute atomic E-state index is 0.230. The predicted molar refractivity (Wildman–Crippen MR) is 74.7 cm³/mol. The molecule has 1 atom stereocenters. The number of rotatable bonds is 4. The van der Waals surface area contributed by atoms with Crippen LogP contribution in [0.1, 0.15) is 25.3 Å². The van der Waals surface area contributed by atoms with Gasteiger partial charge in [0.1, 0.15) is 6.04 Å². The Kier molecular flexibility index (Phi) is 4.45. The molecule has 1 heterocycles. The highest BCUT2D eigenvalue weighted by atomic mass is 32.2. The zero-order chi connectivity index (χ0) is 14.8. The summed E-state index contributed by atoms with van der Waals surface area (Å²) in [6, 6.07) is 6.03. The summed E-state index contributed by atoms with van der Waals surface area (Å²) in [6.07, 6.45) is 1.19. The van der Waals surface area contributed by atoms with Crippen molar-refractivity contribution in [3.05, 3.63) is 29.8 Å². The van der Waals surface area contributed by atoms with Crippen LogP contribution >= 0.6 is 0 Å². The van der Waals surface area contributed by atoms with E-state index >= 15 is 0 Å². The molecular formula is C14H19NO4S. The van der Waals surface area contributed by atoms with E-state index in [9.17, 15) is 13.2 Å². The van der Waals surface area contributed by atoms with Gasteiger partial charge in [-0.05, 0) is 44.4 Å². The van der Waals surface area contributed by atoms with Crippen LogP contribution in [0.4, 0.5) is 0 Å². The Morgan fingerprint density at radius 3 is 2.85 bits per heavy atom. The first-order chi connectivity index (χ1) is 9.46. The van der Waals surface area contributed by atoms with Crippen molar-refractivity contribution in [3.63, 3.8) is 0 Å². The van der Waals surface area contributed by atoms with E-state index in [-0.39, 0.29) is 11.5 Å². The normalized spacial score (nSPS) is 20.0. The molecule has 0 aliphatic carbocycles. The highest BCUT2D eigenvalue weighted by Gasteiger charge is 2.40. The molecule has 0 amide bonds. The molecule has 0 radical (unpaired) electrons. The van der Waals surface area contributed by atoms with Crippen LogP contribution in [0.3, 0.4) is 0 Å². The molecule has 0 aromatic heterocycles. The summed E-state index contributed by atoms with van der Waals surface area (Å²) in [7, 11) is -3.64. The molecule has 6 heteroatoms. The lowest BCUT2D eigenvalue weighted by atomic mass is 10.2. The zero-order valence-corrected chi connectivity index (χ0v) is 12.5. The van der Waals surface area contributed by atoms with Crippen LogP contribution in [0.2, 0.25) is 0 Å². The van der Waals surface area contributed by atoms with Crippen molar-refractivity contribution in [2.75, 3.05) is 13.2 Å². The molecule has 5 nitrogen and oxygen atoms in total. The summed E-state index contributed by atoms with van der Waals surface area (Å²) in [5, 5.41) is 0. The van der Waals surface area contributed by atoms with Gasteiger partial charge in [0.2, 0.25) is 10.0 Å². The molecule has 1 unspecified atom stereocenters. The van der Waals surface area contributed by atoms with E-state index in [0.29, 0.717) is 19.4 Å². The number of sulfonamides is 1. The first-order valence-corrected chi connectivity index (χ1v) is 8.16. The molecule has 20 heavy (non-hydrogen) atoms. The van der Waals surface area contributed by atoms with Crippen LogP contribution in [0.5, 0.6) is 0 Å². The lowest BCUT2D eigenvalue weighted by Gasteiger charge is -2.22. The van der Waals surface area contributed by atoms with E-state index in [1.807, 2.05) is 13.0 Å². The summed E-state index contributed by atoms with van der Waals surface area (Å²) in [6.45, 7) is 4.17. The maximum absolute atomic E-state index is 12.6. The number of esters is 1. The van der Waals surface area contributed by atoms with Crippen molar-refractivity contribution >= 4 is 16.0 Å². The van der Waals surface area contributed by atoms with Gasteiger partial charge < -0.3 is 4.74 Å². The topological polar surface area (TPSA) is 63.7 Å². The summed E-state index contributed by atoms with van der Waals surface area (Å²) in [5.41, 5.74) is 0.873. The Balaban J connectivity index is 2.31. The van der Waals surface area contributed by atoms with Gasteiger partial charge in [-0.3, -0.25) is 4.79 Å². The molecule has 0 N–H and O–H groups in total. The van der Waals surface area contributed by atoms with E-state index < -0.39 is 22.0 Å². The van der Waals surface area contributed by atoms with Crippen LogP contribution in [-0.2, 0) is 19.6 Å². The Morgan fingerprint density at radius 2 is 2.20 bits per heavy atom. The molecule has 1 aromatic carbocycles. The summed E-state index contributed by atoms with van der Waals surface area (Å²) >= 11 is 0. The van der Waals surface area contributed by atoms with Crippen LogP contribution < -0.4 is 0 Å². The van der Waals surface area contributed by atoms with Gasteiger partial charge in [-0.2, -0.15) is 4.31 Å². The number of hydrogen-bond acceptors (Lipinski definition) is 4. The van der Waals surface area contributed by atoms with Gasteiger partial charge in [-0.1, -0.05) is 12.1 Å². The van der Waals surface area contributed by atoms with Crippen LogP contribution in [-0.4, -0.2) is 37.9 Å².